The molecule has 18 heavy (non-hydrogen) atoms. The molecule has 0 bridgehead atoms. The number of nitrogens with zero attached hydrogens (tertiary/aromatic N) is 3. The molecule has 0 radical (unpaired) electrons. The van der Waals surface area contributed by atoms with Gasteiger partial charge in [-0.2, -0.15) is 0 Å². The van der Waals surface area contributed by atoms with Crippen molar-refractivity contribution in [1.82, 2.24) is 19.9 Å². The molecule has 0 saturated heterocycles. The van der Waals surface area contributed by atoms with Crippen molar-refractivity contribution >= 4 is 11.3 Å². The van der Waals surface area contributed by atoms with E-state index >= 15 is 0 Å². The minimum atomic E-state index is 0.524. The molecule has 96 valence electrons. The Morgan fingerprint density at radius 1 is 1.50 bits per heavy atom. The van der Waals surface area contributed by atoms with Gasteiger partial charge >= 0.3 is 0 Å². The first-order chi connectivity index (χ1) is 8.72. The highest BCUT2D eigenvalue weighted by Crippen LogP contribution is 2.21. The third kappa shape index (κ3) is 2.33. The predicted molar refractivity (Wildman–Crippen MR) is 72.6 cm³/mol. The first-order valence-corrected chi connectivity index (χ1v) is 7.28. The van der Waals surface area contributed by atoms with E-state index in [-0.39, 0.29) is 0 Å². The summed E-state index contributed by atoms with van der Waals surface area (Å²) < 4.78 is 0. The molecule has 1 N–H and O–H groups in total. The summed E-state index contributed by atoms with van der Waals surface area (Å²) in [5, 5.41) is 3.41. The highest BCUT2D eigenvalue weighted by molar-refractivity contribution is 7.09. The number of nitrogens with one attached hydrogen (secondary N) is 1. The van der Waals surface area contributed by atoms with Crippen molar-refractivity contribution in [3.05, 3.63) is 33.8 Å². The monoisotopic (exact) mass is 262 g/mol. The number of rotatable bonds is 3. The van der Waals surface area contributed by atoms with E-state index in [0.717, 1.165) is 26.1 Å². The van der Waals surface area contributed by atoms with Gasteiger partial charge in [0.2, 0.25) is 0 Å². The number of hydrogen-bond acceptors (Lipinski definition) is 4. The van der Waals surface area contributed by atoms with Crippen LogP contribution in [0, 0.1) is 0 Å². The second-order valence-corrected chi connectivity index (χ2v) is 6.05. The zero-order chi connectivity index (χ0) is 12.5. The molecule has 0 fully saturated rings. The van der Waals surface area contributed by atoms with Gasteiger partial charge in [-0.25, -0.2) is 9.97 Å². The molecule has 3 heterocycles. The third-order valence-electron chi connectivity index (χ3n) is 3.37. The van der Waals surface area contributed by atoms with Crippen molar-refractivity contribution in [1.29, 1.82) is 0 Å². The van der Waals surface area contributed by atoms with Gasteiger partial charge in [-0.1, -0.05) is 13.8 Å². The summed E-state index contributed by atoms with van der Waals surface area (Å²) in [5.74, 6) is 0.524. The van der Waals surface area contributed by atoms with Crippen LogP contribution in [0.4, 0.5) is 0 Å². The van der Waals surface area contributed by atoms with Crippen LogP contribution >= 0.6 is 11.3 Å². The minimum Gasteiger partial charge on any atom is -0.347 e. The van der Waals surface area contributed by atoms with Crippen LogP contribution < -0.4 is 0 Å². The summed E-state index contributed by atoms with van der Waals surface area (Å²) in [4.78, 5) is 14.7. The van der Waals surface area contributed by atoms with Crippen molar-refractivity contribution in [2.45, 2.75) is 39.3 Å². The van der Waals surface area contributed by atoms with Gasteiger partial charge in [-0.15, -0.1) is 11.3 Å². The van der Waals surface area contributed by atoms with E-state index in [1.807, 2.05) is 0 Å². The standard InChI is InChI=1S/C13H18N4S/c1-9(2)12-7-18-13(16-12)6-17-4-3-10-11(5-17)15-8-14-10/h7-9H,3-6H2,1-2H3,(H,14,15). The summed E-state index contributed by atoms with van der Waals surface area (Å²) in [6.07, 6.45) is 2.84. The second kappa shape index (κ2) is 4.82. The fraction of sp³-hybridized carbons (Fsp3) is 0.538. The summed E-state index contributed by atoms with van der Waals surface area (Å²) >= 11 is 1.78. The van der Waals surface area contributed by atoms with Gasteiger partial charge in [0.1, 0.15) is 5.01 Å². The molecule has 1 aliphatic rings. The summed E-state index contributed by atoms with van der Waals surface area (Å²) in [6.45, 7) is 7.38. The Hall–Kier alpha value is -1.20. The Labute approximate surface area is 111 Å². The van der Waals surface area contributed by atoms with Crippen LogP contribution in [0.3, 0.4) is 0 Å². The average molecular weight is 262 g/mol. The molecule has 0 saturated carbocycles. The lowest BCUT2D eigenvalue weighted by Crippen LogP contribution is -2.30. The van der Waals surface area contributed by atoms with E-state index in [1.165, 1.54) is 22.1 Å². The molecular weight excluding hydrogens is 244 g/mol. The van der Waals surface area contributed by atoms with Gasteiger partial charge in [0.25, 0.3) is 0 Å². The second-order valence-electron chi connectivity index (χ2n) is 5.11. The van der Waals surface area contributed by atoms with E-state index in [9.17, 15) is 0 Å². The Bertz CT molecular complexity index is 529. The number of aromatic nitrogens is 3. The number of hydrogen-bond donors (Lipinski definition) is 1. The van der Waals surface area contributed by atoms with Crippen molar-refractivity contribution in [3.63, 3.8) is 0 Å². The predicted octanol–water partition coefficient (Wildman–Crippen LogP) is 2.55. The molecule has 0 amide bonds. The number of H-pyrrole nitrogens is 1. The van der Waals surface area contributed by atoms with Crippen molar-refractivity contribution in [3.8, 4) is 0 Å². The maximum Gasteiger partial charge on any atom is 0.107 e. The molecular formula is C13H18N4S. The topological polar surface area (TPSA) is 44.8 Å². The first kappa shape index (κ1) is 11.9. The van der Waals surface area contributed by atoms with Crippen LogP contribution in [-0.2, 0) is 19.5 Å². The van der Waals surface area contributed by atoms with Gasteiger partial charge in [0.05, 0.1) is 30.0 Å². The Morgan fingerprint density at radius 3 is 3.17 bits per heavy atom. The first-order valence-electron chi connectivity index (χ1n) is 6.40. The molecule has 4 nitrogen and oxygen atoms in total. The van der Waals surface area contributed by atoms with Crippen LogP contribution in [0.2, 0.25) is 0 Å². The Balaban J connectivity index is 1.67. The summed E-state index contributed by atoms with van der Waals surface area (Å²) in [5.41, 5.74) is 3.71. The lowest BCUT2D eigenvalue weighted by molar-refractivity contribution is 0.241. The SMILES string of the molecule is CC(C)c1csc(CN2CCc3nc[nH]c3C2)n1. The number of thiazole rings is 1. The van der Waals surface area contributed by atoms with Crippen LogP contribution in [0.15, 0.2) is 11.7 Å². The molecule has 0 spiro atoms. The maximum absolute atomic E-state index is 4.70. The van der Waals surface area contributed by atoms with Crippen LogP contribution in [0.5, 0.6) is 0 Å². The number of imidazole rings is 1. The largest absolute Gasteiger partial charge is 0.347 e. The maximum atomic E-state index is 4.70. The van der Waals surface area contributed by atoms with E-state index in [4.69, 9.17) is 4.98 Å². The zero-order valence-electron chi connectivity index (χ0n) is 10.8. The molecule has 0 aliphatic carbocycles. The Kier molecular flexibility index (Phi) is 3.18. The highest BCUT2D eigenvalue weighted by Gasteiger charge is 2.19. The van der Waals surface area contributed by atoms with Crippen molar-refractivity contribution < 1.29 is 0 Å². The van der Waals surface area contributed by atoms with Crippen molar-refractivity contribution in [2.24, 2.45) is 0 Å². The quantitative estimate of drug-likeness (QED) is 0.924. The summed E-state index contributed by atoms with van der Waals surface area (Å²) in [6, 6.07) is 0. The minimum absolute atomic E-state index is 0.524. The van der Waals surface area contributed by atoms with E-state index in [2.05, 4.69) is 34.1 Å². The highest BCUT2D eigenvalue weighted by atomic mass is 32.1. The molecule has 1 aliphatic heterocycles. The van der Waals surface area contributed by atoms with Gasteiger partial charge in [0, 0.05) is 24.9 Å². The molecule has 5 heteroatoms. The van der Waals surface area contributed by atoms with Gasteiger partial charge in [-0.05, 0) is 5.92 Å². The number of aromatic amines is 1. The van der Waals surface area contributed by atoms with Crippen LogP contribution in [0.1, 0.15) is 41.9 Å². The lowest BCUT2D eigenvalue weighted by atomic mass is 10.1. The fourth-order valence-corrected chi connectivity index (χ4v) is 3.25. The normalized spacial score (nSPS) is 16.2. The van der Waals surface area contributed by atoms with Crippen LogP contribution in [0.25, 0.3) is 0 Å². The number of fused-ring (bicyclic) bond motifs is 1. The molecule has 0 atom stereocenters. The summed E-state index contributed by atoms with van der Waals surface area (Å²) in [7, 11) is 0. The lowest BCUT2D eigenvalue weighted by Gasteiger charge is -2.24. The third-order valence-corrected chi connectivity index (χ3v) is 4.23. The molecule has 0 unspecified atom stereocenters. The smallest absolute Gasteiger partial charge is 0.107 e. The molecule has 0 aromatic carbocycles. The molecule has 3 rings (SSSR count). The van der Waals surface area contributed by atoms with Crippen LogP contribution in [-0.4, -0.2) is 26.4 Å². The van der Waals surface area contributed by atoms with E-state index in [0.29, 0.717) is 5.92 Å². The molecule has 2 aromatic rings. The Morgan fingerprint density at radius 2 is 2.39 bits per heavy atom. The molecule has 2 aromatic heterocycles. The van der Waals surface area contributed by atoms with Gasteiger partial charge < -0.3 is 4.98 Å². The zero-order valence-corrected chi connectivity index (χ0v) is 11.6. The average Bonchev–Trinajstić information content (AvgIpc) is 2.96. The van der Waals surface area contributed by atoms with Gasteiger partial charge in [0.15, 0.2) is 0 Å². The van der Waals surface area contributed by atoms with E-state index in [1.54, 1.807) is 17.7 Å². The van der Waals surface area contributed by atoms with E-state index < -0.39 is 0 Å². The fourth-order valence-electron chi connectivity index (χ4n) is 2.26. The van der Waals surface area contributed by atoms with Crippen molar-refractivity contribution in [2.75, 3.05) is 6.54 Å². The van der Waals surface area contributed by atoms with Gasteiger partial charge in [-0.3, -0.25) is 4.90 Å².